The van der Waals surface area contributed by atoms with Gasteiger partial charge in [0.25, 0.3) is 0 Å². The number of carbonyl (C=O) groups is 9. The lowest BCUT2D eigenvalue weighted by atomic mass is 9.84. The topological polar surface area (TPSA) is 345 Å². The van der Waals surface area contributed by atoms with E-state index in [1.807, 2.05) is 5.32 Å². The highest BCUT2D eigenvalue weighted by molar-refractivity contribution is 5.88. The molecule has 0 radical (unpaired) electrons. The Morgan fingerprint density at radius 2 is 1.30 bits per heavy atom. The zero-order valence-corrected chi connectivity index (χ0v) is 30.8. The molecular formula is C36H46N4O17. The summed E-state index contributed by atoms with van der Waals surface area (Å²) >= 11 is 0. The number of hydrogen-bond acceptors (Lipinski definition) is 12. The monoisotopic (exact) mass is 806 g/mol. The Morgan fingerprint density at radius 1 is 0.702 bits per heavy atom. The molecule has 2 aromatic rings. The molecule has 21 nitrogen and oxygen atoms in total. The van der Waals surface area contributed by atoms with Gasteiger partial charge in [0.05, 0.1) is 24.6 Å². The lowest BCUT2D eigenvalue weighted by Crippen LogP contribution is -2.48. The summed E-state index contributed by atoms with van der Waals surface area (Å²) in [5.41, 5.74) is 1.65. The molecule has 1 aromatic carbocycles. The van der Waals surface area contributed by atoms with Crippen LogP contribution in [0.2, 0.25) is 0 Å². The molecule has 1 aromatic heterocycles. The van der Waals surface area contributed by atoms with E-state index in [1.54, 1.807) is 30.3 Å². The van der Waals surface area contributed by atoms with Gasteiger partial charge in [-0.15, -0.1) is 0 Å². The summed E-state index contributed by atoms with van der Waals surface area (Å²) in [6.07, 6.45) is -4.44. The lowest BCUT2D eigenvalue weighted by Gasteiger charge is -2.23. The van der Waals surface area contributed by atoms with E-state index in [4.69, 9.17) is 14.3 Å². The van der Waals surface area contributed by atoms with E-state index in [9.17, 15) is 68.7 Å². The van der Waals surface area contributed by atoms with Crippen LogP contribution in [-0.4, -0.2) is 109 Å². The number of carboxylic acid groups (broad SMARTS) is 5. The molecule has 0 saturated heterocycles. The zero-order chi connectivity index (χ0) is 42.7. The molecule has 0 fully saturated rings. The fourth-order valence-electron chi connectivity index (χ4n) is 5.32. The Bertz CT molecular complexity index is 1740. The first-order valence-electron chi connectivity index (χ1n) is 17.6. The molecule has 2 rings (SSSR count). The Balaban J connectivity index is 1.79. The van der Waals surface area contributed by atoms with Crippen molar-refractivity contribution in [3.63, 3.8) is 0 Å². The van der Waals surface area contributed by atoms with Gasteiger partial charge in [-0.3, -0.25) is 33.6 Å². The second-order valence-electron chi connectivity index (χ2n) is 12.9. The number of nitrogens with one attached hydrogen (secondary N) is 4. The second-order valence-corrected chi connectivity index (χ2v) is 12.9. The van der Waals surface area contributed by atoms with Gasteiger partial charge >= 0.3 is 29.8 Å². The van der Waals surface area contributed by atoms with E-state index in [0.717, 1.165) is 11.1 Å². The van der Waals surface area contributed by atoms with Crippen molar-refractivity contribution in [1.82, 2.24) is 21.3 Å². The molecule has 3 unspecified atom stereocenters. The molecule has 5 atom stereocenters. The maximum Gasteiger partial charge on any atom is 0.326 e. The average molecular weight is 807 g/mol. The molecule has 21 heteroatoms. The normalized spacial score (nSPS) is 13.4. The fourth-order valence-corrected chi connectivity index (χ4v) is 5.32. The minimum atomic E-state index is -2.23. The first kappa shape index (κ1) is 46.6. The number of aliphatic carboxylic acids is 5. The predicted octanol–water partition coefficient (Wildman–Crippen LogP) is -0.130. The van der Waals surface area contributed by atoms with Crippen molar-refractivity contribution in [1.29, 1.82) is 0 Å². The highest BCUT2D eigenvalue weighted by atomic mass is 16.5. The van der Waals surface area contributed by atoms with Crippen LogP contribution in [0, 0.1) is 11.8 Å². The van der Waals surface area contributed by atoms with E-state index in [2.05, 4.69) is 16.0 Å². The number of carboxylic acids is 5. The number of ether oxygens (including phenoxy) is 1. The van der Waals surface area contributed by atoms with Crippen molar-refractivity contribution in [3.8, 4) is 5.75 Å². The largest absolute Gasteiger partial charge is 0.489 e. The highest BCUT2D eigenvalue weighted by Gasteiger charge is 2.37. The summed E-state index contributed by atoms with van der Waals surface area (Å²) in [5, 5.41) is 66.4. The summed E-state index contributed by atoms with van der Waals surface area (Å²) in [6.45, 7) is 2.12. The molecule has 10 N–H and O–H groups in total. The van der Waals surface area contributed by atoms with Crippen molar-refractivity contribution in [3.05, 3.63) is 53.5 Å². The molecule has 0 bridgehead atoms. The molecule has 0 aliphatic rings. The van der Waals surface area contributed by atoms with Crippen LogP contribution in [-0.2, 0) is 62.7 Å². The van der Waals surface area contributed by atoms with Crippen molar-refractivity contribution in [2.45, 2.75) is 89.6 Å². The average Bonchev–Trinajstić information content (AvgIpc) is 3.60. The van der Waals surface area contributed by atoms with Gasteiger partial charge in [0.2, 0.25) is 23.6 Å². The molecule has 4 amide bonds. The van der Waals surface area contributed by atoms with Gasteiger partial charge in [0.15, 0.2) is 0 Å². The first-order chi connectivity index (χ1) is 26.9. The van der Waals surface area contributed by atoms with Crippen molar-refractivity contribution in [2.24, 2.45) is 11.8 Å². The molecule has 0 spiro atoms. The Kier molecular flexibility index (Phi) is 19.2. The molecule has 0 aliphatic carbocycles. The van der Waals surface area contributed by atoms with Gasteiger partial charge in [-0.1, -0.05) is 12.1 Å². The van der Waals surface area contributed by atoms with E-state index in [0.29, 0.717) is 17.9 Å². The minimum Gasteiger partial charge on any atom is -0.489 e. The lowest BCUT2D eigenvalue weighted by molar-refractivity contribution is -0.157. The SMILES string of the molecule is CC(=O)NCc1cc(COc2ccc(CCNC(=O)CC[C@H](NC(=O)CC[C@H](NC(=O)C(O)CC(C(=O)O)C(CCC(=O)O)C(=O)O)C(=O)O)C(=O)O)cc2)co1. The third-order valence-electron chi connectivity index (χ3n) is 8.42. The predicted molar refractivity (Wildman–Crippen MR) is 191 cm³/mol. The van der Waals surface area contributed by atoms with Gasteiger partial charge in [-0.25, -0.2) is 9.59 Å². The number of benzene rings is 1. The number of furan rings is 1. The summed E-state index contributed by atoms with van der Waals surface area (Å²) in [7, 11) is 0. The van der Waals surface area contributed by atoms with Crippen molar-refractivity contribution in [2.75, 3.05) is 6.54 Å². The summed E-state index contributed by atoms with van der Waals surface area (Å²) in [6, 6.07) is 5.51. The number of amides is 4. The number of rotatable bonds is 27. The van der Waals surface area contributed by atoms with Gasteiger partial charge < -0.3 is 61.1 Å². The smallest absolute Gasteiger partial charge is 0.326 e. The Labute approximate surface area is 324 Å². The highest BCUT2D eigenvalue weighted by Crippen LogP contribution is 2.24. The second kappa shape index (κ2) is 23.4. The minimum absolute atomic E-state index is 0.180. The fraction of sp³-hybridized carbons (Fsp3) is 0.472. The molecule has 0 aliphatic heterocycles. The van der Waals surface area contributed by atoms with Crippen LogP contribution in [0.15, 0.2) is 41.0 Å². The Morgan fingerprint density at radius 3 is 1.86 bits per heavy atom. The number of hydrogen-bond donors (Lipinski definition) is 10. The zero-order valence-electron chi connectivity index (χ0n) is 30.8. The van der Waals surface area contributed by atoms with Crippen LogP contribution in [0.4, 0.5) is 0 Å². The molecule has 312 valence electrons. The third kappa shape index (κ3) is 17.7. The van der Waals surface area contributed by atoms with E-state index in [1.165, 1.54) is 13.2 Å². The quantitative estimate of drug-likeness (QED) is 0.0562. The van der Waals surface area contributed by atoms with Crippen molar-refractivity contribution >= 4 is 53.5 Å². The maximum absolute atomic E-state index is 12.5. The van der Waals surface area contributed by atoms with Gasteiger partial charge in [0.1, 0.15) is 36.3 Å². The summed E-state index contributed by atoms with van der Waals surface area (Å²) in [4.78, 5) is 106. The molecule has 57 heavy (non-hydrogen) atoms. The van der Waals surface area contributed by atoms with E-state index < -0.39 is 110 Å². The Hall–Kier alpha value is -6.51. The molecule has 0 saturated carbocycles. The van der Waals surface area contributed by atoms with Crippen LogP contribution < -0.4 is 26.0 Å². The van der Waals surface area contributed by atoms with Crippen LogP contribution in [0.3, 0.4) is 0 Å². The number of aliphatic hydroxyl groups excluding tert-OH is 1. The molecule has 1 heterocycles. The van der Waals surface area contributed by atoms with Crippen LogP contribution in [0.5, 0.6) is 5.75 Å². The maximum atomic E-state index is 12.5. The van der Waals surface area contributed by atoms with E-state index >= 15 is 0 Å². The van der Waals surface area contributed by atoms with Gasteiger partial charge in [-0.2, -0.15) is 0 Å². The van der Waals surface area contributed by atoms with Crippen LogP contribution in [0.1, 0.15) is 68.8 Å². The number of carbonyl (C=O) groups excluding carboxylic acids is 4. The van der Waals surface area contributed by atoms with Gasteiger partial charge in [-0.05, 0) is 55.9 Å². The van der Waals surface area contributed by atoms with Gasteiger partial charge in [0, 0.05) is 38.3 Å². The first-order valence-corrected chi connectivity index (χ1v) is 17.6. The summed E-state index contributed by atoms with van der Waals surface area (Å²) < 4.78 is 11.1. The van der Waals surface area contributed by atoms with E-state index in [-0.39, 0.29) is 38.4 Å². The molecular weight excluding hydrogens is 760 g/mol. The van der Waals surface area contributed by atoms with Crippen LogP contribution in [0.25, 0.3) is 0 Å². The summed E-state index contributed by atoms with van der Waals surface area (Å²) in [5.74, 6) is -13.5. The van der Waals surface area contributed by atoms with Crippen molar-refractivity contribution < 1.29 is 82.9 Å². The standard InChI is InChI=1S/C36H46N4O17/c1-19(41)38-16-23-14-21(18-57-23)17-56-22-4-2-20(3-5-22)12-13-37-29(43)9-7-26(35(52)53)39-30(44)10-8-27(36(54)55)40-32(47)28(42)15-25(34(50)51)24(33(48)49)6-11-31(45)46/h2-5,14,18,24-28,42H,6-13,15-17H2,1H3,(H,37,43)(H,38,41)(H,39,44)(H,40,47)(H,45,46)(H,48,49)(H,50,51)(H,52,53)(H,54,55)/t24?,25?,26-,27-,28?/m0/s1. The number of aliphatic hydroxyl groups is 1. The third-order valence-corrected chi connectivity index (χ3v) is 8.42. The van der Waals surface area contributed by atoms with Crippen LogP contribution >= 0.6 is 0 Å².